The van der Waals surface area contributed by atoms with Crippen LogP contribution in [0.15, 0.2) is 17.1 Å². The van der Waals surface area contributed by atoms with E-state index in [0.717, 1.165) is 32.1 Å². The molecule has 1 aliphatic rings. The lowest BCUT2D eigenvalue weighted by molar-refractivity contribution is 0.0684. The van der Waals surface area contributed by atoms with Crippen LogP contribution in [0.3, 0.4) is 0 Å². The van der Waals surface area contributed by atoms with Crippen molar-refractivity contribution in [2.45, 2.75) is 6.92 Å². The largest absolute Gasteiger partial charge is 0.378 e. The Hall–Kier alpha value is -0.830. The van der Waals surface area contributed by atoms with Crippen LogP contribution in [0.2, 0.25) is 0 Å². The SMILES string of the molecule is C/C=C\C(=N/C)N1CCOCC1. The highest BCUT2D eigenvalue weighted by Gasteiger charge is 2.11. The minimum Gasteiger partial charge on any atom is -0.378 e. The summed E-state index contributed by atoms with van der Waals surface area (Å²) >= 11 is 0. The number of allylic oxidation sites excluding steroid dienone is 1. The quantitative estimate of drug-likeness (QED) is 0.429. The predicted octanol–water partition coefficient (Wildman–Crippen LogP) is 0.923. The Morgan fingerprint density at radius 2 is 2.08 bits per heavy atom. The molecule has 0 atom stereocenters. The Labute approximate surface area is 73.7 Å². The maximum Gasteiger partial charge on any atom is 0.122 e. The zero-order chi connectivity index (χ0) is 8.81. The first kappa shape index (κ1) is 9.26. The van der Waals surface area contributed by atoms with Gasteiger partial charge in [0.15, 0.2) is 0 Å². The van der Waals surface area contributed by atoms with Gasteiger partial charge in [0.2, 0.25) is 0 Å². The highest BCUT2D eigenvalue weighted by Crippen LogP contribution is 1.99. The third-order valence-electron chi connectivity index (χ3n) is 1.88. The van der Waals surface area contributed by atoms with Crippen LogP contribution in [0.4, 0.5) is 0 Å². The van der Waals surface area contributed by atoms with Crippen LogP contribution in [0.1, 0.15) is 6.92 Å². The first-order valence-corrected chi connectivity index (χ1v) is 4.30. The lowest BCUT2D eigenvalue weighted by atomic mass is 10.3. The van der Waals surface area contributed by atoms with Crippen molar-refractivity contribution in [1.82, 2.24) is 4.90 Å². The van der Waals surface area contributed by atoms with E-state index < -0.39 is 0 Å². The van der Waals surface area contributed by atoms with E-state index in [4.69, 9.17) is 4.74 Å². The van der Waals surface area contributed by atoms with Gasteiger partial charge in [-0.15, -0.1) is 0 Å². The first-order chi connectivity index (χ1) is 5.88. The number of ether oxygens (including phenoxy) is 1. The number of nitrogens with zero attached hydrogens (tertiary/aromatic N) is 2. The molecule has 12 heavy (non-hydrogen) atoms. The minimum absolute atomic E-state index is 0.816. The summed E-state index contributed by atoms with van der Waals surface area (Å²) in [6.45, 7) is 5.55. The van der Waals surface area contributed by atoms with Crippen LogP contribution in [0, 0.1) is 0 Å². The summed E-state index contributed by atoms with van der Waals surface area (Å²) < 4.78 is 5.25. The summed E-state index contributed by atoms with van der Waals surface area (Å²) in [6.07, 6.45) is 4.04. The standard InChI is InChI=1S/C9H16N2O/c1-3-4-9(10-2)11-5-7-12-8-6-11/h3-4H,5-8H2,1-2H3/b4-3-,10-9+. The normalized spacial score (nSPS) is 20.5. The first-order valence-electron chi connectivity index (χ1n) is 4.30. The maximum absolute atomic E-state index is 5.25. The van der Waals surface area contributed by atoms with E-state index in [1.807, 2.05) is 26.1 Å². The van der Waals surface area contributed by atoms with Crippen molar-refractivity contribution in [3.8, 4) is 0 Å². The molecule has 0 radical (unpaired) electrons. The number of hydrogen-bond donors (Lipinski definition) is 0. The lowest BCUT2D eigenvalue weighted by Gasteiger charge is -2.28. The monoisotopic (exact) mass is 168 g/mol. The van der Waals surface area contributed by atoms with Gasteiger partial charge >= 0.3 is 0 Å². The topological polar surface area (TPSA) is 24.8 Å². The third-order valence-corrected chi connectivity index (χ3v) is 1.88. The van der Waals surface area contributed by atoms with E-state index in [1.165, 1.54) is 0 Å². The fourth-order valence-electron chi connectivity index (χ4n) is 1.26. The highest BCUT2D eigenvalue weighted by atomic mass is 16.5. The zero-order valence-electron chi connectivity index (χ0n) is 7.79. The predicted molar refractivity (Wildman–Crippen MR) is 50.6 cm³/mol. The summed E-state index contributed by atoms with van der Waals surface area (Å²) in [5.41, 5.74) is 0. The van der Waals surface area contributed by atoms with Gasteiger partial charge < -0.3 is 9.64 Å². The fourth-order valence-corrected chi connectivity index (χ4v) is 1.26. The molecule has 0 aromatic heterocycles. The molecule has 1 rings (SSSR count). The molecule has 0 amide bonds. The Kier molecular flexibility index (Phi) is 3.80. The van der Waals surface area contributed by atoms with E-state index in [2.05, 4.69) is 9.89 Å². The van der Waals surface area contributed by atoms with E-state index in [-0.39, 0.29) is 0 Å². The van der Waals surface area contributed by atoms with Crippen LogP contribution < -0.4 is 0 Å². The van der Waals surface area contributed by atoms with Gasteiger partial charge in [0.1, 0.15) is 5.84 Å². The van der Waals surface area contributed by atoms with Crippen molar-refractivity contribution < 1.29 is 4.74 Å². The summed E-state index contributed by atoms with van der Waals surface area (Å²) in [4.78, 5) is 6.44. The molecule has 1 heterocycles. The molecule has 3 heteroatoms. The summed E-state index contributed by atoms with van der Waals surface area (Å²) in [5, 5.41) is 0. The molecule has 0 aromatic rings. The number of hydrogen-bond acceptors (Lipinski definition) is 2. The van der Waals surface area contributed by atoms with E-state index in [9.17, 15) is 0 Å². The Morgan fingerprint density at radius 3 is 2.58 bits per heavy atom. The second kappa shape index (κ2) is 4.93. The second-order valence-corrected chi connectivity index (χ2v) is 2.68. The van der Waals surface area contributed by atoms with Gasteiger partial charge in [-0.05, 0) is 13.0 Å². The minimum atomic E-state index is 0.816. The molecule has 68 valence electrons. The molecule has 1 aliphatic heterocycles. The van der Waals surface area contributed by atoms with Gasteiger partial charge in [-0.25, -0.2) is 0 Å². The molecule has 3 nitrogen and oxygen atoms in total. The molecule has 0 unspecified atom stereocenters. The lowest BCUT2D eigenvalue weighted by Crippen LogP contribution is -2.39. The van der Waals surface area contributed by atoms with E-state index >= 15 is 0 Å². The zero-order valence-corrected chi connectivity index (χ0v) is 7.79. The summed E-state index contributed by atoms with van der Waals surface area (Å²) in [6, 6.07) is 0. The molecule has 0 N–H and O–H groups in total. The van der Waals surface area contributed by atoms with Crippen LogP contribution in [0.25, 0.3) is 0 Å². The van der Waals surface area contributed by atoms with Crippen LogP contribution in [-0.2, 0) is 4.74 Å². The molecule has 0 bridgehead atoms. The van der Waals surface area contributed by atoms with Gasteiger partial charge in [-0.3, -0.25) is 4.99 Å². The highest BCUT2D eigenvalue weighted by molar-refractivity contribution is 5.92. The number of morpholine rings is 1. The van der Waals surface area contributed by atoms with Crippen LogP contribution in [-0.4, -0.2) is 44.1 Å². The Morgan fingerprint density at radius 1 is 1.42 bits per heavy atom. The van der Waals surface area contributed by atoms with Crippen molar-refractivity contribution in [1.29, 1.82) is 0 Å². The van der Waals surface area contributed by atoms with Crippen molar-refractivity contribution in [2.75, 3.05) is 33.4 Å². The number of amidine groups is 1. The molecule has 0 aromatic carbocycles. The average Bonchev–Trinajstić information content (AvgIpc) is 2.15. The van der Waals surface area contributed by atoms with Gasteiger partial charge in [0.25, 0.3) is 0 Å². The molecule has 0 saturated carbocycles. The van der Waals surface area contributed by atoms with Crippen molar-refractivity contribution >= 4 is 5.84 Å². The third kappa shape index (κ3) is 2.34. The maximum atomic E-state index is 5.25. The van der Waals surface area contributed by atoms with Gasteiger partial charge in [0, 0.05) is 20.1 Å². The van der Waals surface area contributed by atoms with E-state index in [0.29, 0.717) is 0 Å². The molecule has 1 fully saturated rings. The van der Waals surface area contributed by atoms with Crippen molar-refractivity contribution in [3.05, 3.63) is 12.2 Å². The Bertz CT molecular complexity index is 181. The van der Waals surface area contributed by atoms with Gasteiger partial charge in [-0.1, -0.05) is 6.08 Å². The summed E-state index contributed by atoms with van der Waals surface area (Å²) in [7, 11) is 1.82. The molecule has 0 aliphatic carbocycles. The van der Waals surface area contributed by atoms with Gasteiger partial charge in [-0.2, -0.15) is 0 Å². The number of aliphatic imine (C=N–C) groups is 1. The fraction of sp³-hybridized carbons (Fsp3) is 0.667. The average molecular weight is 168 g/mol. The molecule has 1 saturated heterocycles. The second-order valence-electron chi connectivity index (χ2n) is 2.68. The molecular formula is C9H16N2O. The molecular weight excluding hydrogens is 152 g/mol. The van der Waals surface area contributed by atoms with Crippen LogP contribution >= 0.6 is 0 Å². The smallest absolute Gasteiger partial charge is 0.122 e. The van der Waals surface area contributed by atoms with Crippen molar-refractivity contribution in [3.63, 3.8) is 0 Å². The van der Waals surface area contributed by atoms with Crippen LogP contribution in [0.5, 0.6) is 0 Å². The Balaban J connectivity index is 2.52. The van der Waals surface area contributed by atoms with E-state index in [1.54, 1.807) is 0 Å². The van der Waals surface area contributed by atoms with Gasteiger partial charge in [0.05, 0.1) is 13.2 Å². The molecule has 0 spiro atoms. The number of rotatable bonds is 1. The summed E-state index contributed by atoms with van der Waals surface area (Å²) in [5.74, 6) is 1.06. The van der Waals surface area contributed by atoms with Crippen molar-refractivity contribution in [2.24, 2.45) is 4.99 Å².